The molecule has 2 saturated carbocycles. The van der Waals surface area contributed by atoms with Crippen LogP contribution in [-0.2, 0) is 6.54 Å². The molecule has 4 rings (SSSR count). The van der Waals surface area contributed by atoms with E-state index in [2.05, 4.69) is 64.0 Å². The average molecular weight is 405 g/mol. The van der Waals surface area contributed by atoms with Crippen molar-refractivity contribution in [2.75, 3.05) is 0 Å². The Morgan fingerprint density at radius 2 is 1.77 bits per heavy atom. The summed E-state index contributed by atoms with van der Waals surface area (Å²) in [5.41, 5.74) is 3.95. The Labute approximate surface area is 146 Å². The lowest BCUT2D eigenvalue weighted by atomic mass is 9.89. The molecule has 1 aromatic heterocycles. The van der Waals surface area contributed by atoms with Gasteiger partial charge in [0.25, 0.3) is 0 Å². The fraction of sp³-hybridized carbons (Fsp3) is 0.474. The second-order valence-corrected chi connectivity index (χ2v) is 7.76. The molecule has 2 aliphatic carbocycles. The first-order valence-electron chi connectivity index (χ1n) is 8.46. The van der Waals surface area contributed by atoms with Crippen LogP contribution in [0, 0.1) is 15.9 Å². The molecule has 0 bridgehead atoms. The largest absolute Gasteiger partial charge is 0.267 e. The van der Waals surface area contributed by atoms with Crippen molar-refractivity contribution in [2.45, 2.75) is 51.0 Å². The number of aromatic nitrogens is 2. The number of hydrogen-bond acceptors (Lipinski definition) is 1. The van der Waals surface area contributed by atoms with Crippen LogP contribution in [0.15, 0.2) is 30.3 Å². The number of benzene rings is 1. The second kappa shape index (κ2) is 6.34. The summed E-state index contributed by atoms with van der Waals surface area (Å²) in [6.45, 7) is 1.11. The molecule has 3 heteroatoms. The first-order valence-corrected chi connectivity index (χ1v) is 9.54. The first kappa shape index (κ1) is 14.7. The van der Waals surface area contributed by atoms with E-state index in [1.54, 1.807) is 0 Å². The molecule has 0 amide bonds. The fourth-order valence-electron chi connectivity index (χ4n) is 3.54. The third-order valence-corrected chi connectivity index (χ3v) is 6.00. The van der Waals surface area contributed by atoms with Gasteiger partial charge in [-0.05, 0) is 73.5 Å². The van der Waals surface area contributed by atoms with E-state index in [0.717, 1.165) is 18.4 Å². The normalized spacial score (nSPS) is 19.5. The highest BCUT2D eigenvalue weighted by Crippen LogP contribution is 2.44. The minimum atomic E-state index is 0.756. The van der Waals surface area contributed by atoms with Gasteiger partial charge in [-0.2, -0.15) is 5.10 Å². The predicted octanol–water partition coefficient (Wildman–Crippen LogP) is 5.43. The molecule has 2 nitrogen and oxygen atoms in total. The molecule has 2 aliphatic rings. The van der Waals surface area contributed by atoms with Crippen molar-refractivity contribution in [3.8, 4) is 11.3 Å². The zero-order chi connectivity index (χ0) is 14.9. The Bertz CT molecular complexity index is 637. The van der Waals surface area contributed by atoms with E-state index in [4.69, 9.17) is 5.10 Å². The van der Waals surface area contributed by atoms with Crippen LogP contribution in [0.4, 0.5) is 0 Å². The standard InChI is InChI=1S/C19H22IN2/c20-17-18(15-9-5-2-6-10-15)21-22(19(17)16-11-12-16)13-14-7-3-1-4-8-14/h1-2,5-6,9-10,14,16H,3-4,7-8,11-13H2. The molecule has 2 aromatic rings. The molecular formula is C19H22IN2. The van der Waals surface area contributed by atoms with Gasteiger partial charge in [0.1, 0.15) is 5.69 Å². The van der Waals surface area contributed by atoms with Gasteiger partial charge in [-0.25, -0.2) is 0 Å². The van der Waals surface area contributed by atoms with Crippen molar-refractivity contribution in [1.82, 2.24) is 9.78 Å². The molecule has 0 spiro atoms. The predicted molar refractivity (Wildman–Crippen MR) is 98.6 cm³/mol. The Morgan fingerprint density at radius 3 is 2.45 bits per heavy atom. The minimum Gasteiger partial charge on any atom is -0.267 e. The van der Waals surface area contributed by atoms with Gasteiger partial charge in [-0.1, -0.05) is 30.3 Å². The summed E-state index contributed by atoms with van der Waals surface area (Å²) in [4.78, 5) is 0. The molecule has 1 heterocycles. The van der Waals surface area contributed by atoms with Crippen molar-refractivity contribution in [3.63, 3.8) is 0 Å². The topological polar surface area (TPSA) is 17.8 Å². The average Bonchev–Trinajstić information content (AvgIpc) is 3.34. The van der Waals surface area contributed by atoms with Gasteiger partial charge in [0, 0.05) is 18.0 Å². The summed E-state index contributed by atoms with van der Waals surface area (Å²) in [7, 11) is 0. The van der Waals surface area contributed by atoms with E-state index in [-0.39, 0.29) is 0 Å². The van der Waals surface area contributed by atoms with E-state index in [1.807, 2.05) is 0 Å². The third kappa shape index (κ3) is 2.97. The summed E-state index contributed by atoms with van der Waals surface area (Å²) in [5, 5.41) is 5.03. The van der Waals surface area contributed by atoms with Crippen LogP contribution < -0.4 is 0 Å². The van der Waals surface area contributed by atoms with Crippen LogP contribution in [0.2, 0.25) is 0 Å². The lowest BCUT2D eigenvalue weighted by Gasteiger charge is -2.22. The lowest BCUT2D eigenvalue weighted by Crippen LogP contribution is -2.17. The number of hydrogen-bond donors (Lipinski definition) is 0. The summed E-state index contributed by atoms with van der Waals surface area (Å²) < 4.78 is 3.74. The Balaban J connectivity index is 1.67. The Morgan fingerprint density at radius 1 is 1.05 bits per heavy atom. The van der Waals surface area contributed by atoms with Crippen LogP contribution in [0.3, 0.4) is 0 Å². The number of halogens is 1. The molecule has 1 radical (unpaired) electrons. The first-order chi connectivity index (χ1) is 10.8. The van der Waals surface area contributed by atoms with E-state index in [9.17, 15) is 0 Å². The van der Waals surface area contributed by atoms with Gasteiger partial charge >= 0.3 is 0 Å². The summed E-state index contributed by atoms with van der Waals surface area (Å²) in [6.07, 6.45) is 10.4. The van der Waals surface area contributed by atoms with Gasteiger partial charge in [0.05, 0.1) is 9.26 Å². The molecule has 0 N–H and O–H groups in total. The van der Waals surface area contributed by atoms with Crippen LogP contribution in [0.25, 0.3) is 11.3 Å². The molecule has 22 heavy (non-hydrogen) atoms. The van der Waals surface area contributed by atoms with E-state index >= 15 is 0 Å². The van der Waals surface area contributed by atoms with Gasteiger partial charge in [-0.3, -0.25) is 4.68 Å². The van der Waals surface area contributed by atoms with Gasteiger partial charge in [0.2, 0.25) is 0 Å². The minimum absolute atomic E-state index is 0.756. The van der Waals surface area contributed by atoms with Gasteiger partial charge < -0.3 is 0 Å². The van der Waals surface area contributed by atoms with Crippen molar-refractivity contribution < 1.29 is 0 Å². The fourth-order valence-corrected chi connectivity index (χ4v) is 4.68. The number of rotatable bonds is 4. The molecule has 115 valence electrons. The molecular weight excluding hydrogens is 383 g/mol. The highest BCUT2D eigenvalue weighted by atomic mass is 127. The monoisotopic (exact) mass is 405 g/mol. The van der Waals surface area contributed by atoms with Gasteiger partial charge in [-0.15, -0.1) is 0 Å². The Kier molecular flexibility index (Phi) is 4.25. The maximum Gasteiger partial charge on any atom is 0.106 e. The molecule has 0 unspecified atom stereocenters. The van der Waals surface area contributed by atoms with Crippen molar-refractivity contribution >= 4 is 22.6 Å². The molecule has 1 aromatic carbocycles. The van der Waals surface area contributed by atoms with Gasteiger partial charge in [0.15, 0.2) is 0 Å². The smallest absolute Gasteiger partial charge is 0.106 e. The van der Waals surface area contributed by atoms with E-state index in [0.29, 0.717) is 0 Å². The number of nitrogens with zero attached hydrogens (tertiary/aromatic N) is 2. The summed E-state index contributed by atoms with van der Waals surface area (Å²) in [5.74, 6) is 1.56. The van der Waals surface area contributed by atoms with Crippen LogP contribution in [-0.4, -0.2) is 9.78 Å². The van der Waals surface area contributed by atoms with Crippen molar-refractivity contribution in [2.24, 2.45) is 5.92 Å². The van der Waals surface area contributed by atoms with Crippen molar-refractivity contribution in [1.29, 1.82) is 0 Å². The summed E-state index contributed by atoms with van der Waals surface area (Å²) in [6, 6.07) is 10.7. The van der Waals surface area contributed by atoms with E-state index in [1.165, 1.54) is 59.0 Å². The second-order valence-electron chi connectivity index (χ2n) is 6.68. The highest BCUT2D eigenvalue weighted by Gasteiger charge is 2.32. The molecule has 2 fully saturated rings. The zero-order valence-electron chi connectivity index (χ0n) is 12.8. The highest BCUT2D eigenvalue weighted by molar-refractivity contribution is 14.1. The van der Waals surface area contributed by atoms with Crippen LogP contribution >= 0.6 is 22.6 Å². The van der Waals surface area contributed by atoms with Crippen molar-refractivity contribution in [3.05, 3.63) is 46.0 Å². The lowest BCUT2D eigenvalue weighted by molar-refractivity contribution is 0.335. The molecule has 0 saturated heterocycles. The SMILES string of the molecule is Ic1c(-c2ccccc2)nn(CC2CC[CH]CC2)c1C1CC1. The molecule has 0 aliphatic heterocycles. The van der Waals surface area contributed by atoms with Crippen LogP contribution in [0.5, 0.6) is 0 Å². The third-order valence-electron chi connectivity index (χ3n) is 4.93. The van der Waals surface area contributed by atoms with E-state index < -0.39 is 0 Å². The Hall–Kier alpha value is -0.840. The quantitative estimate of drug-likeness (QED) is 0.621. The maximum atomic E-state index is 5.03. The zero-order valence-corrected chi connectivity index (χ0v) is 15.0. The molecule has 0 atom stereocenters. The van der Waals surface area contributed by atoms with Crippen LogP contribution in [0.1, 0.15) is 50.1 Å². The summed E-state index contributed by atoms with van der Waals surface area (Å²) >= 11 is 2.53. The maximum absolute atomic E-state index is 5.03.